The first-order valence-corrected chi connectivity index (χ1v) is 12.3. The summed E-state index contributed by atoms with van der Waals surface area (Å²) < 4.78 is 18.3. The summed E-state index contributed by atoms with van der Waals surface area (Å²) in [5.41, 5.74) is 3.72. The number of imidazole rings is 1. The lowest BCUT2D eigenvalue weighted by Gasteiger charge is -2.31. The number of nitrogens with zero attached hydrogens (tertiary/aromatic N) is 10. The molecule has 0 aliphatic carbocycles. The van der Waals surface area contributed by atoms with Crippen LogP contribution in [-0.4, -0.2) is 57.6 Å². The lowest BCUT2D eigenvalue weighted by Crippen LogP contribution is -2.34. The zero-order valence-electron chi connectivity index (χ0n) is 20.5. The second kappa shape index (κ2) is 9.52. The van der Waals surface area contributed by atoms with Gasteiger partial charge in [-0.2, -0.15) is 0 Å². The van der Waals surface area contributed by atoms with E-state index < -0.39 is 5.82 Å². The molecule has 0 atom stereocenters. The van der Waals surface area contributed by atoms with Crippen LogP contribution >= 0.6 is 0 Å². The molecule has 0 radical (unpaired) electrons. The van der Waals surface area contributed by atoms with Crippen LogP contribution in [0.3, 0.4) is 0 Å². The summed E-state index contributed by atoms with van der Waals surface area (Å²) in [4.78, 5) is 20.4. The average molecular weight is 500 g/mol. The van der Waals surface area contributed by atoms with E-state index in [0.29, 0.717) is 34.7 Å². The first-order valence-electron chi connectivity index (χ1n) is 12.3. The number of hydrogen-bond donors (Lipinski definition) is 1. The molecular formula is C25H26FN11. The molecule has 0 bridgehead atoms. The molecular weight excluding hydrogens is 473 g/mol. The molecule has 0 unspecified atom stereocenters. The van der Waals surface area contributed by atoms with Gasteiger partial charge in [0.15, 0.2) is 11.5 Å². The molecule has 1 aromatic carbocycles. The number of hydrogen-bond acceptors (Lipinski definition) is 9. The van der Waals surface area contributed by atoms with Gasteiger partial charge in [0.1, 0.15) is 12.1 Å². The van der Waals surface area contributed by atoms with Gasteiger partial charge in [-0.15, -0.1) is 5.10 Å². The summed E-state index contributed by atoms with van der Waals surface area (Å²) in [5.74, 6) is 1.57. The Labute approximate surface area is 212 Å². The Morgan fingerprint density at radius 1 is 1.03 bits per heavy atom. The van der Waals surface area contributed by atoms with Crippen molar-refractivity contribution in [1.82, 2.24) is 44.5 Å². The number of rotatable bonds is 6. The molecule has 0 saturated carbocycles. The predicted molar refractivity (Wildman–Crippen MR) is 136 cm³/mol. The van der Waals surface area contributed by atoms with E-state index in [0.717, 1.165) is 43.1 Å². The van der Waals surface area contributed by atoms with Crippen molar-refractivity contribution in [3.63, 3.8) is 0 Å². The van der Waals surface area contributed by atoms with Crippen molar-refractivity contribution < 1.29 is 4.39 Å². The quantitative estimate of drug-likeness (QED) is 0.372. The first kappa shape index (κ1) is 23.0. The van der Waals surface area contributed by atoms with Crippen molar-refractivity contribution in [2.75, 3.05) is 23.3 Å². The summed E-state index contributed by atoms with van der Waals surface area (Å²) in [6, 6.07) is 4.73. The van der Waals surface area contributed by atoms with E-state index in [1.807, 2.05) is 29.2 Å². The minimum absolute atomic E-state index is 0.291. The molecule has 37 heavy (non-hydrogen) atoms. The van der Waals surface area contributed by atoms with Crippen LogP contribution in [-0.2, 0) is 0 Å². The smallest absolute Gasteiger partial charge is 0.225 e. The second-order valence-corrected chi connectivity index (χ2v) is 9.43. The minimum atomic E-state index is -0.445. The Morgan fingerprint density at radius 3 is 2.54 bits per heavy atom. The first-order chi connectivity index (χ1) is 18.1. The molecule has 6 rings (SSSR count). The molecule has 1 aliphatic rings. The molecule has 11 nitrogen and oxygen atoms in total. The zero-order valence-corrected chi connectivity index (χ0v) is 20.5. The van der Waals surface area contributed by atoms with Gasteiger partial charge in [-0.1, -0.05) is 13.8 Å². The second-order valence-electron chi connectivity index (χ2n) is 9.43. The molecule has 1 fully saturated rings. The third-order valence-electron chi connectivity index (χ3n) is 6.80. The fraction of sp³-hybridized carbons (Fsp3) is 0.320. The Bertz CT molecular complexity index is 1500. The fourth-order valence-electron chi connectivity index (χ4n) is 4.65. The van der Waals surface area contributed by atoms with Gasteiger partial charge in [-0.3, -0.25) is 4.40 Å². The molecule has 0 amide bonds. The highest BCUT2D eigenvalue weighted by Crippen LogP contribution is 2.32. The number of tetrazole rings is 1. The number of anilines is 3. The maximum atomic E-state index is 14.8. The van der Waals surface area contributed by atoms with Crippen molar-refractivity contribution in [1.29, 1.82) is 0 Å². The Hall–Kier alpha value is -4.48. The number of benzene rings is 1. The average Bonchev–Trinajstić information content (AvgIpc) is 3.61. The summed E-state index contributed by atoms with van der Waals surface area (Å²) in [6.45, 7) is 6.02. The van der Waals surface area contributed by atoms with Crippen LogP contribution in [0.25, 0.3) is 11.3 Å². The molecule has 4 aromatic heterocycles. The molecule has 188 valence electrons. The third kappa shape index (κ3) is 4.46. The number of aromatic nitrogens is 9. The standard InChI is InChI=1S/C25H26FN11/c1-16(2)18-12-29-25(30-13-18)35-8-5-17(6-9-35)22-14-28-24-23(27-7-10-36(22)24)32-21-4-3-19(11-20(21)26)37-15-31-33-34-37/h3-4,7,10-17H,5-6,8-9H2,1-2H3,(H,27,32). The van der Waals surface area contributed by atoms with Crippen LogP contribution < -0.4 is 10.2 Å². The monoisotopic (exact) mass is 499 g/mol. The number of fused-ring (bicyclic) bond motifs is 1. The van der Waals surface area contributed by atoms with Gasteiger partial charge in [0.25, 0.3) is 0 Å². The Balaban J connectivity index is 1.18. The predicted octanol–water partition coefficient (Wildman–Crippen LogP) is 3.89. The highest BCUT2D eigenvalue weighted by Gasteiger charge is 2.25. The minimum Gasteiger partial charge on any atom is -0.341 e. The van der Waals surface area contributed by atoms with Crippen molar-refractivity contribution in [3.8, 4) is 5.69 Å². The van der Waals surface area contributed by atoms with Crippen molar-refractivity contribution in [2.45, 2.75) is 38.5 Å². The lowest BCUT2D eigenvalue weighted by atomic mass is 9.94. The summed E-state index contributed by atoms with van der Waals surface area (Å²) in [5, 5.41) is 14.1. The van der Waals surface area contributed by atoms with Crippen LogP contribution in [0.15, 0.2) is 55.5 Å². The van der Waals surface area contributed by atoms with Crippen molar-refractivity contribution in [3.05, 3.63) is 72.6 Å². The fourth-order valence-corrected chi connectivity index (χ4v) is 4.65. The molecule has 1 N–H and O–H groups in total. The summed E-state index contributed by atoms with van der Waals surface area (Å²) >= 11 is 0. The van der Waals surface area contributed by atoms with Crippen LogP contribution in [0.5, 0.6) is 0 Å². The van der Waals surface area contributed by atoms with E-state index in [1.165, 1.54) is 17.1 Å². The van der Waals surface area contributed by atoms with Crippen molar-refractivity contribution >= 4 is 23.1 Å². The van der Waals surface area contributed by atoms with Gasteiger partial charge in [-0.25, -0.2) is 29.0 Å². The molecule has 0 spiro atoms. The SMILES string of the molecule is CC(C)c1cnc(N2CCC(c3cnc4c(Nc5ccc(-n6cnnn6)cc5F)nccn34)CC2)nc1. The Kier molecular flexibility index (Phi) is 5.91. The molecule has 5 heterocycles. The largest absolute Gasteiger partial charge is 0.341 e. The Morgan fingerprint density at radius 2 is 1.84 bits per heavy atom. The van der Waals surface area contributed by atoms with Gasteiger partial charge in [0, 0.05) is 61.8 Å². The maximum Gasteiger partial charge on any atom is 0.225 e. The van der Waals surface area contributed by atoms with Crippen LogP contribution in [0, 0.1) is 5.82 Å². The van der Waals surface area contributed by atoms with Crippen LogP contribution in [0.1, 0.15) is 49.8 Å². The van der Waals surface area contributed by atoms with Crippen molar-refractivity contribution in [2.24, 2.45) is 0 Å². The number of nitrogens with one attached hydrogen (secondary N) is 1. The van der Waals surface area contributed by atoms with Gasteiger partial charge >= 0.3 is 0 Å². The van der Waals surface area contributed by atoms with Crippen LogP contribution in [0.4, 0.5) is 21.8 Å². The third-order valence-corrected chi connectivity index (χ3v) is 6.80. The normalized spacial score (nSPS) is 14.5. The van der Waals surface area contributed by atoms with Gasteiger partial charge < -0.3 is 10.2 Å². The van der Waals surface area contributed by atoms with Gasteiger partial charge in [0.05, 0.1) is 11.4 Å². The van der Waals surface area contributed by atoms with E-state index in [9.17, 15) is 4.39 Å². The van der Waals surface area contributed by atoms with Gasteiger partial charge in [0.2, 0.25) is 5.95 Å². The molecule has 1 saturated heterocycles. The molecule has 12 heteroatoms. The number of halogens is 1. The van der Waals surface area contributed by atoms with E-state index in [1.54, 1.807) is 18.3 Å². The van der Waals surface area contributed by atoms with Gasteiger partial charge in [-0.05, 0) is 46.9 Å². The number of piperidine rings is 1. The van der Waals surface area contributed by atoms with E-state index >= 15 is 0 Å². The highest BCUT2D eigenvalue weighted by atomic mass is 19.1. The summed E-state index contributed by atoms with van der Waals surface area (Å²) in [6.07, 6.45) is 12.7. The topological polar surface area (TPSA) is 115 Å². The molecule has 5 aromatic rings. The van der Waals surface area contributed by atoms with E-state index in [4.69, 9.17) is 0 Å². The van der Waals surface area contributed by atoms with Crippen LogP contribution in [0.2, 0.25) is 0 Å². The lowest BCUT2D eigenvalue weighted by molar-refractivity contribution is 0.488. The van der Waals surface area contributed by atoms with E-state index in [2.05, 4.69) is 59.5 Å². The van der Waals surface area contributed by atoms with E-state index in [-0.39, 0.29) is 0 Å². The zero-order chi connectivity index (χ0) is 25.4. The summed E-state index contributed by atoms with van der Waals surface area (Å²) in [7, 11) is 0. The maximum absolute atomic E-state index is 14.8. The molecule has 1 aliphatic heterocycles. The highest BCUT2D eigenvalue weighted by molar-refractivity contribution is 5.71.